The first-order valence-electron chi connectivity index (χ1n) is 8.50. The third-order valence-corrected chi connectivity index (χ3v) is 4.80. The van der Waals surface area contributed by atoms with Crippen LogP contribution in [0.3, 0.4) is 0 Å². The van der Waals surface area contributed by atoms with Gasteiger partial charge in [-0.05, 0) is 48.5 Å². The van der Waals surface area contributed by atoms with Crippen LogP contribution in [0.5, 0.6) is 0 Å². The van der Waals surface area contributed by atoms with Crippen LogP contribution in [0.25, 0.3) is 0 Å². The Morgan fingerprint density at radius 3 is 2.37 bits per heavy atom. The van der Waals surface area contributed by atoms with Gasteiger partial charge in [0.15, 0.2) is 0 Å². The van der Waals surface area contributed by atoms with E-state index in [1.54, 1.807) is 11.2 Å². The number of nitrogens with zero attached hydrogens (tertiary/aromatic N) is 1. The van der Waals surface area contributed by atoms with Crippen LogP contribution in [0.4, 0.5) is 11.4 Å². The van der Waals surface area contributed by atoms with E-state index in [9.17, 15) is 9.59 Å². The molecule has 0 bridgehead atoms. The van der Waals surface area contributed by atoms with Crippen molar-refractivity contribution < 1.29 is 14.0 Å². The van der Waals surface area contributed by atoms with Crippen molar-refractivity contribution in [3.05, 3.63) is 78.8 Å². The van der Waals surface area contributed by atoms with E-state index in [1.807, 2.05) is 66.7 Å². The lowest BCUT2D eigenvalue weighted by Gasteiger charge is -2.21. The van der Waals surface area contributed by atoms with Gasteiger partial charge in [0.2, 0.25) is 11.8 Å². The molecule has 0 saturated heterocycles. The van der Waals surface area contributed by atoms with Gasteiger partial charge in [-0.1, -0.05) is 18.2 Å². The first-order valence-corrected chi connectivity index (χ1v) is 9.48. The molecule has 0 unspecified atom stereocenters. The lowest BCUT2D eigenvalue weighted by molar-refractivity contribution is -0.116. The van der Waals surface area contributed by atoms with Crippen LogP contribution in [0, 0.1) is 0 Å². The van der Waals surface area contributed by atoms with Crippen molar-refractivity contribution in [1.29, 1.82) is 0 Å². The minimum absolute atomic E-state index is 0.00598. The third kappa shape index (κ3) is 5.49. The topological polar surface area (TPSA) is 62.6 Å². The van der Waals surface area contributed by atoms with Gasteiger partial charge >= 0.3 is 0 Å². The van der Waals surface area contributed by atoms with Crippen molar-refractivity contribution in [1.82, 2.24) is 0 Å². The summed E-state index contributed by atoms with van der Waals surface area (Å²) in [7, 11) is 0. The molecule has 2 amide bonds. The van der Waals surface area contributed by atoms with Crippen LogP contribution in [-0.4, -0.2) is 17.6 Å². The number of carbonyl (C=O) groups is 2. The molecule has 0 aliphatic heterocycles. The molecule has 138 valence electrons. The van der Waals surface area contributed by atoms with E-state index >= 15 is 0 Å². The van der Waals surface area contributed by atoms with Gasteiger partial charge in [-0.2, -0.15) is 0 Å². The first kappa shape index (κ1) is 18.8. The average Bonchev–Trinajstić information content (AvgIpc) is 3.19. The molecular weight excluding hydrogens is 360 g/mol. The number of furan rings is 1. The zero-order chi connectivity index (χ0) is 19.1. The third-order valence-electron chi connectivity index (χ3n) is 3.80. The lowest BCUT2D eigenvalue weighted by Crippen LogP contribution is -2.31. The molecule has 6 heteroatoms. The van der Waals surface area contributed by atoms with Crippen molar-refractivity contribution >= 4 is 35.0 Å². The molecule has 0 aliphatic rings. The highest BCUT2D eigenvalue weighted by molar-refractivity contribution is 8.00. The normalized spacial score (nSPS) is 10.4. The van der Waals surface area contributed by atoms with Gasteiger partial charge in [0.25, 0.3) is 0 Å². The highest BCUT2D eigenvalue weighted by Crippen LogP contribution is 2.23. The minimum Gasteiger partial charge on any atom is -0.467 e. The van der Waals surface area contributed by atoms with Gasteiger partial charge < -0.3 is 14.6 Å². The average molecular weight is 380 g/mol. The number of carbonyl (C=O) groups excluding carboxylic acids is 2. The molecule has 1 heterocycles. The summed E-state index contributed by atoms with van der Waals surface area (Å²) in [6, 6.07) is 20.7. The minimum atomic E-state index is -0.109. The monoisotopic (exact) mass is 380 g/mol. The van der Waals surface area contributed by atoms with E-state index in [0.717, 1.165) is 22.0 Å². The summed E-state index contributed by atoms with van der Waals surface area (Å²) in [4.78, 5) is 26.6. The highest BCUT2D eigenvalue weighted by atomic mass is 32.2. The van der Waals surface area contributed by atoms with Gasteiger partial charge in [0, 0.05) is 23.2 Å². The zero-order valence-electron chi connectivity index (χ0n) is 14.9. The summed E-state index contributed by atoms with van der Waals surface area (Å²) in [5.41, 5.74) is 1.57. The number of hydrogen-bond acceptors (Lipinski definition) is 4. The molecule has 0 spiro atoms. The maximum atomic E-state index is 12.9. The summed E-state index contributed by atoms with van der Waals surface area (Å²) in [5.74, 6) is 0.919. The molecule has 2 aromatic carbocycles. The second kappa shape index (κ2) is 9.09. The fraction of sp³-hybridized carbons (Fsp3) is 0.143. The Balaban J connectivity index is 1.66. The van der Waals surface area contributed by atoms with Crippen molar-refractivity contribution in [3.63, 3.8) is 0 Å². The van der Waals surface area contributed by atoms with Gasteiger partial charge in [-0.3, -0.25) is 9.59 Å². The smallest absolute Gasteiger partial charge is 0.237 e. The second-order valence-corrected chi connectivity index (χ2v) is 6.94. The molecule has 0 saturated carbocycles. The molecule has 0 aliphatic carbocycles. The second-order valence-electron chi connectivity index (χ2n) is 5.89. The quantitative estimate of drug-likeness (QED) is 0.610. The van der Waals surface area contributed by atoms with Crippen molar-refractivity contribution in [2.75, 3.05) is 16.0 Å². The molecule has 3 aromatic rings. The molecule has 1 N–H and O–H groups in total. The van der Waals surface area contributed by atoms with Gasteiger partial charge in [0.05, 0.1) is 18.6 Å². The van der Waals surface area contributed by atoms with Crippen LogP contribution in [-0.2, 0) is 16.1 Å². The summed E-state index contributed by atoms with van der Waals surface area (Å²) >= 11 is 1.46. The Labute approximate surface area is 162 Å². The number of thioether (sulfide) groups is 1. The van der Waals surface area contributed by atoms with Crippen molar-refractivity contribution in [3.8, 4) is 0 Å². The van der Waals surface area contributed by atoms with E-state index in [-0.39, 0.29) is 11.8 Å². The predicted octanol–water partition coefficient (Wildman–Crippen LogP) is 4.56. The van der Waals surface area contributed by atoms with Crippen LogP contribution in [0.2, 0.25) is 0 Å². The molecule has 0 atom stereocenters. The Morgan fingerprint density at radius 2 is 1.74 bits per heavy atom. The fourth-order valence-corrected chi connectivity index (χ4v) is 3.33. The van der Waals surface area contributed by atoms with Crippen LogP contribution in [0.1, 0.15) is 12.7 Å². The number of para-hydroxylation sites is 1. The molecule has 27 heavy (non-hydrogen) atoms. The van der Waals surface area contributed by atoms with Gasteiger partial charge in [-0.25, -0.2) is 0 Å². The van der Waals surface area contributed by atoms with E-state index in [4.69, 9.17) is 4.42 Å². The van der Waals surface area contributed by atoms with Crippen molar-refractivity contribution in [2.24, 2.45) is 0 Å². The van der Waals surface area contributed by atoms with Gasteiger partial charge in [-0.15, -0.1) is 11.8 Å². The van der Waals surface area contributed by atoms with E-state index in [1.165, 1.54) is 18.7 Å². The number of hydrogen-bond donors (Lipinski definition) is 1. The standard InChI is InChI=1S/C21H20N2O3S/c1-16(24)22-17-9-11-20(12-10-17)27-15-21(25)23(14-19-8-5-13-26-19)18-6-3-2-4-7-18/h2-13H,14-15H2,1H3,(H,22,24). The molecule has 0 fully saturated rings. The van der Waals surface area contributed by atoms with Crippen LogP contribution >= 0.6 is 11.8 Å². The first-order chi connectivity index (χ1) is 13.1. The number of rotatable bonds is 7. The summed E-state index contributed by atoms with van der Waals surface area (Å²) in [6.07, 6.45) is 1.61. The summed E-state index contributed by atoms with van der Waals surface area (Å²) < 4.78 is 5.41. The van der Waals surface area contributed by atoms with Gasteiger partial charge in [0.1, 0.15) is 5.76 Å². The number of benzene rings is 2. The number of anilines is 2. The number of nitrogens with one attached hydrogen (secondary N) is 1. The van der Waals surface area contributed by atoms with Crippen LogP contribution in [0.15, 0.2) is 82.3 Å². The SMILES string of the molecule is CC(=O)Nc1ccc(SCC(=O)N(Cc2ccco2)c2ccccc2)cc1. The fourth-order valence-electron chi connectivity index (χ4n) is 2.55. The molecule has 5 nitrogen and oxygen atoms in total. The molecular formula is C21H20N2O3S. The molecule has 3 rings (SSSR count). The summed E-state index contributed by atoms with van der Waals surface area (Å²) in [5, 5.41) is 2.73. The van der Waals surface area contributed by atoms with E-state index in [0.29, 0.717) is 12.3 Å². The molecule has 1 aromatic heterocycles. The van der Waals surface area contributed by atoms with E-state index < -0.39 is 0 Å². The van der Waals surface area contributed by atoms with E-state index in [2.05, 4.69) is 5.32 Å². The Morgan fingerprint density at radius 1 is 1.00 bits per heavy atom. The Kier molecular flexibility index (Phi) is 6.33. The Bertz CT molecular complexity index is 878. The summed E-state index contributed by atoms with van der Waals surface area (Å²) in [6.45, 7) is 1.86. The van der Waals surface area contributed by atoms with Crippen molar-refractivity contribution in [2.45, 2.75) is 18.4 Å². The highest BCUT2D eigenvalue weighted by Gasteiger charge is 2.17. The molecule has 0 radical (unpaired) electrons. The predicted molar refractivity (Wildman–Crippen MR) is 108 cm³/mol. The maximum Gasteiger partial charge on any atom is 0.237 e. The van der Waals surface area contributed by atoms with Crippen LogP contribution < -0.4 is 10.2 Å². The Hall–Kier alpha value is -2.99. The lowest BCUT2D eigenvalue weighted by atomic mass is 10.2. The largest absolute Gasteiger partial charge is 0.467 e. The number of amides is 2. The maximum absolute atomic E-state index is 12.9. The zero-order valence-corrected chi connectivity index (χ0v) is 15.7.